The van der Waals surface area contributed by atoms with Crippen molar-refractivity contribution in [2.24, 2.45) is 0 Å². The number of benzene rings is 2. The average Bonchev–Trinajstić information content (AvgIpc) is 2.40. The van der Waals surface area contributed by atoms with E-state index in [4.69, 9.17) is 4.74 Å². The van der Waals surface area contributed by atoms with Gasteiger partial charge in [-0.15, -0.1) is 0 Å². The van der Waals surface area contributed by atoms with E-state index in [0.29, 0.717) is 0 Å². The van der Waals surface area contributed by atoms with E-state index in [1.54, 1.807) is 6.08 Å². The second-order valence-corrected chi connectivity index (χ2v) is 4.23. The second-order valence-electron chi connectivity index (χ2n) is 4.23. The maximum Gasteiger partial charge on any atom is 0.134 e. The molecule has 18 heavy (non-hydrogen) atoms. The number of hydrogen-bond acceptors (Lipinski definition) is 2. The summed E-state index contributed by atoms with van der Waals surface area (Å²) in [6.45, 7) is 3.78. The van der Waals surface area contributed by atoms with Crippen LogP contribution < -0.4 is 9.64 Å². The van der Waals surface area contributed by atoms with Gasteiger partial charge in [0.15, 0.2) is 0 Å². The van der Waals surface area contributed by atoms with Gasteiger partial charge in [0.2, 0.25) is 0 Å². The summed E-state index contributed by atoms with van der Waals surface area (Å²) < 4.78 is 5.85. The van der Waals surface area contributed by atoms with Crippen LogP contribution in [0, 0.1) is 0 Å². The summed E-state index contributed by atoms with van der Waals surface area (Å²) in [4.78, 5) is 2.06. The molecule has 2 heteroatoms. The van der Waals surface area contributed by atoms with Crippen LogP contribution in [-0.4, -0.2) is 14.1 Å². The largest absolute Gasteiger partial charge is 0.457 e. The Bertz CT molecular complexity index is 529. The molecule has 2 aromatic rings. The molecule has 2 rings (SSSR count). The molecule has 92 valence electrons. The zero-order chi connectivity index (χ0) is 13.0. The molecule has 0 fully saturated rings. The molecule has 0 amide bonds. The number of para-hydroxylation sites is 1. The van der Waals surface area contributed by atoms with Crippen molar-refractivity contribution in [1.82, 2.24) is 0 Å². The van der Waals surface area contributed by atoms with Gasteiger partial charge in [-0.3, -0.25) is 0 Å². The standard InChI is InChI=1S/C16H17NO/c1-4-13-7-5-6-8-16(13)18-15-11-9-14(10-12-15)17(2)3/h4-12H,1H2,2-3H3. The third-order valence-electron chi connectivity index (χ3n) is 2.72. The first-order valence-electron chi connectivity index (χ1n) is 5.87. The van der Waals surface area contributed by atoms with Crippen LogP contribution in [0.1, 0.15) is 5.56 Å². The highest BCUT2D eigenvalue weighted by Gasteiger charge is 2.02. The number of ether oxygens (including phenoxy) is 1. The Labute approximate surface area is 108 Å². The molecule has 2 nitrogen and oxygen atoms in total. The third-order valence-corrected chi connectivity index (χ3v) is 2.72. The van der Waals surface area contributed by atoms with E-state index in [1.165, 1.54) is 0 Å². The monoisotopic (exact) mass is 239 g/mol. The fourth-order valence-corrected chi connectivity index (χ4v) is 1.68. The molecule has 0 N–H and O–H groups in total. The van der Waals surface area contributed by atoms with E-state index in [1.807, 2.05) is 62.6 Å². The molecule has 0 radical (unpaired) electrons. The lowest BCUT2D eigenvalue weighted by molar-refractivity contribution is 0.481. The maximum absolute atomic E-state index is 5.85. The summed E-state index contributed by atoms with van der Waals surface area (Å²) in [5.41, 5.74) is 2.15. The average molecular weight is 239 g/mol. The predicted molar refractivity (Wildman–Crippen MR) is 77.4 cm³/mol. The number of nitrogens with zero attached hydrogens (tertiary/aromatic N) is 1. The predicted octanol–water partition coefficient (Wildman–Crippen LogP) is 4.19. The van der Waals surface area contributed by atoms with E-state index in [-0.39, 0.29) is 0 Å². The first-order chi connectivity index (χ1) is 8.70. The first-order valence-corrected chi connectivity index (χ1v) is 5.87. The van der Waals surface area contributed by atoms with Gasteiger partial charge in [0, 0.05) is 25.3 Å². The van der Waals surface area contributed by atoms with Crippen molar-refractivity contribution in [3.8, 4) is 11.5 Å². The highest BCUT2D eigenvalue weighted by Crippen LogP contribution is 2.27. The zero-order valence-electron chi connectivity index (χ0n) is 10.8. The van der Waals surface area contributed by atoms with E-state index < -0.39 is 0 Å². The minimum absolute atomic E-state index is 0.824. The van der Waals surface area contributed by atoms with E-state index in [2.05, 4.69) is 11.5 Å². The van der Waals surface area contributed by atoms with E-state index in [9.17, 15) is 0 Å². The Hall–Kier alpha value is -2.22. The fraction of sp³-hybridized carbons (Fsp3) is 0.125. The topological polar surface area (TPSA) is 12.5 Å². The summed E-state index contributed by atoms with van der Waals surface area (Å²) in [7, 11) is 4.03. The van der Waals surface area contributed by atoms with Crippen LogP contribution in [0.3, 0.4) is 0 Å². The number of rotatable bonds is 4. The van der Waals surface area contributed by atoms with Crippen molar-refractivity contribution in [2.45, 2.75) is 0 Å². The third kappa shape index (κ3) is 2.72. The van der Waals surface area contributed by atoms with Crippen LogP contribution in [0.2, 0.25) is 0 Å². The van der Waals surface area contributed by atoms with Gasteiger partial charge in [-0.1, -0.05) is 30.9 Å². The molecule has 0 aliphatic rings. The fourth-order valence-electron chi connectivity index (χ4n) is 1.68. The van der Waals surface area contributed by atoms with Gasteiger partial charge in [0.05, 0.1) is 0 Å². The molecule has 0 aliphatic carbocycles. The van der Waals surface area contributed by atoms with Crippen LogP contribution in [0.4, 0.5) is 5.69 Å². The van der Waals surface area contributed by atoms with E-state index >= 15 is 0 Å². The molecular formula is C16H17NO. The molecule has 0 saturated heterocycles. The van der Waals surface area contributed by atoms with Crippen molar-refractivity contribution < 1.29 is 4.74 Å². The van der Waals surface area contributed by atoms with Gasteiger partial charge in [-0.05, 0) is 30.3 Å². The molecule has 0 unspecified atom stereocenters. The maximum atomic E-state index is 5.85. The SMILES string of the molecule is C=Cc1ccccc1Oc1ccc(N(C)C)cc1. The van der Waals surface area contributed by atoms with Crippen LogP contribution in [0.15, 0.2) is 55.1 Å². The Balaban J connectivity index is 2.21. The van der Waals surface area contributed by atoms with Crippen molar-refractivity contribution in [2.75, 3.05) is 19.0 Å². The Morgan fingerprint density at radius 1 is 1.00 bits per heavy atom. The smallest absolute Gasteiger partial charge is 0.134 e. The minimum atomic E-state index is 0.824. The van der Waals surface area contributed by atoms with Crippen molar-refractivity contribution >= 4 is 11.8 Å². The van der Waals surface area contributed by atoms with Crippen LogP contribution in [-0.2, 0) is 0 Å². The number of anilines is 1. The highest BCUT2D eigenvalue weighted by atomic mass is 16.5. The summed E-state index contributed by atoms with van der Waals surface area (Å²) in [5.74, 6) is 1.65. The summed E-state index contributed by atoms with van der Waals surface area (Å²) in [6.07, 6.45) is 1.80. The van der Waals surface area contributed by atoms with Crippen molar-refractivity contribution in [1.29, 1.82) is 0 Å². The van der Waals surface area contributed by atoms with Gasteiger partial charge >= 0.3 is 0 Å². The van der Waals surface area contributed by atoms with Crippen LogP contribution >= 0.6 is 0 Å². The van der Waals surface area contributed by atoms with Gasteiger partial charge in [0.1, 0.15) is 11.5 Å². The number of hydrogen-bond donors (Lipinski definition) is 0. The van der Waals surface area contributed by atoms with Crippen LogP contribution in [0.25, 0.3) is 6.08 Å². The normalized spacial score (nSPS) is 9.89. The summed E-state index contributed by atoms with van der Waals surface area (Å²) >= 11 is 0. The van der Waals surface area contributed by atoms with Crippen LogP contribution in [0.5, 0.6) is 11.5 Å². The lowest BCUT2D eigenvalue weighted by Crippen LogP contribution is -2.07. The Kier molecular flexibility index (Phi) is 3.68. The summed E-state index contributed by atoms with van der Waals surface area (Å²) in [6, 6.07) is 15.9. The molecule has 0 atom stereocenters. The summed E-state index contributed by atoms with van der Waals surface area (Å²) in [5, 5.41) is 0. The first kappa shape index (κ1) is 12.2. The molecule has 0 bridgehead atoms. The molecule has 2 aromatic carbocycles. The van der Waals surface area contributed by atoms with Gasteiger partial charge < -0.3 is 9.64 Å². The van der Waals surface area contributed by atoms with Crippen molar-refractivity contribution in [3.63, 3.8) is 0 Å². The minimum Gasteiger partial charge on any atom is -0.457 e. The Morgan fingerprint density at radius 2 is 1.67 bits per heavy atom. The quantitative estimate of drug-likeness (QED) is 0.793. The van der Waals surface area contributed by atoms with Gasteiger partial charge in [0.25, 0.3) is 0 Å². The van der Waals surface area contributed by atoms with E-state index in [0.717, 1.165) is 22.7 Å². The molecular weight excluding hydrogens is 222 g/mol. The lowest BCUT2D eigenvalue weighted by atomic mass is 10.2. The Morgan fingerprint density at radius 3 is 2.28 bits per heavy atom. The van der Waals surface area contributed by atoms with Gasteiger partial charge in [-0.2, -0.15) is 0 Å². The molecule has 0 heterocycles. The van der Waals surface area contributed by atoms with Gasteiger partial charge in [-0.25, -0.2) is 0 Å². The highest BCUT2D eigenvalue weighted by molar-refractivity contribution is 5.57. The van der Waals surface area contributed by atoms with Crippen molar-refractivity contribution in [3.05, 3.63) is 60.7 Å². The molecule has 0 spiro atoms. The molecule has 0 saturated carbocycles. The zero-order valence-corrected chi connectivity index (χ0v) is 10.8. The molecule has 0 aromatic heterocycles. The lowest BCUT2D eigenvalue weighted by Gasteiger charge is -2.13. The second kappa shape index (κ2) is 5.41. The molecule has 0 aliphatic heterocycles.